The van der Waals surface area contributed by atoms with Crippen LogP contribution in [0.2, 0.25) is 0 Å². The van der Waals surface area contributed by atoms with E-state index in [1.807, 2.05) is 37.4 Å². The van der Waals surface area contributed by atoms with Crippen LogP contribution >= 0.6 is 22.7 Å². The summed E-state index contributed by atoms with van der Waals surface area (Å²) in [6, 6.07) is 9.69. The first-order valence-electron chi connectivity index (χ1n) is 9.37. The number of anilines is 2. The molecule has 2 atom stereocenters. The Morgan fingerprint density at radius 1 is 1.07 bits per heavy atom. The highest BCUT2D eigenvalue weighted by Gasteiger charge is 2.29. The molecule has 1 fully saturated rings. The Labute approximate surface area is 171 Å². The number of aromatic nitrogens is 4. The third kappa shape index (κ3) is 4.71. The molecule has 4 rings (SSSR count). The van der Waals surface area contributed by atoms with Crippen LogP contribution in [-0.2, 0) is 17.6 Å². The Morgan fingerprint density at radius 2 is 1.89 bits per heavy atom. The number of rotatable bonds is 7. The van der Waals surface area contributed by atoms with E-state index in [0.717, 1.165) is 46.4 Å². The summed E-state index contributed by atoms with van der Waals surface area (Å²) in [7, 11) is 1.87. The van der Waals surface area contributed by atoms with E-state index in [-0.39, 0.29) is 5.91 Å². The van der Waals surface area contributed by atoms with Gasteiger partial charge in [-0.25, -0.2) is 0 Å². The van der Waals surface area contributed by atoms with Crippen LogP contribution in [0.5, 0.6) is 0 Å². The number of hydrogen-bond donors (Lipinski definition) is 2. The molecular weight excluding hydrogens is 392 g/mol. The minimum atomic E-state index is -0.0635. The van der Waals surface area contributed by atoms with Gasteiger partial charge in [0.25, 0.3) is 0 Å². The number of nitrogens with zero attached hydrogens (tertiary/aromatic N) is 4. The van der Waals surface area contributed by atoms with Crippen LogP contribution in [0.4, 0.5) is 10.3 Å². The molecule has 2 unspecified atom stereocenters. The first-order valence-corrected chi connectivity index (χ1v) is 11.0. The Hall–Kier alpha value is -2.39. The highest BCUT2D eigenvalue weighted by atomic mass is 32.1. The highest BCUT2D eigenvalue weighted by molar-refractivity contribution is 7.15. The van der Waals surface area contributed by atoms with Gasteiger partial charge in [-0.3, -0.25) is 4.79 Å². The van der Waals surface area contributed by atoms with Crippen LogP contribution in [0.25, 0.3) is 0 Å². The van der Waals surface area contributed by atoms with Gasteiger partial charge >= 0.3 is 0 Å². The summed E-state index contributed by atoms with van der Waals surface area (Å²) in [4.78, 5) is 12.2. The molecule has 2 aromatic heterocycles. The lowest BCUT2D eigenvalue weighted by atomic mass is 10.0. The monoisotopic (exact) mass is 414 g/mol. The lowest BCUT2D eigenvalue weighted by molar-refractivity contribution is -0.115. The standard InChI is InChI=1S/C19H22N6OS2/c1-20-18-24-23-17(28-18)14-8-7-13(9-14)11-16-22-25-19(27-16)21-15(26)10-12-5-3-2-4-6-12/h2-6,13-14H,7-11H2,1H3,(H,20,24)(H,21,25,26). The summed E-state index contributed by atoms with van der Waals surface area (Å²) in [5.41, 5.74) is 0.986. The van der Waals surface area contributed by atoms with Crippen molar-refractivity contribution in [3.8, 4) is 0 Å². The van der Waals surface area contributed by atoms with Crippen molar-refractivity contribution in [2.75, 3.05) is 17.7 Å². The fraction of sp³-hybridized carbons (Fsp3) is 0.421. The van der Waals surface area contributed by atoms with Gasteiger partial charge in [-0.1, -0.05) is 53.0 Å². The molecule has 0 saturated heterocycles. The maximum Gasteiger partial charge on any atom is 0.230 e. The van der Waals surface area contributed by atoms with Crippen molar-refractivity contribution in [1.82, 2.24) is 20.4 Å². The Kier molecular flexibility index (Phi) is 5.92. The number of amides is 1. The summed E-state index contributed by atoms with van der Waals surface area (Å²) < 4.78 is 0. The lowest BCUT2D eigenvalue weighted by Crippen LogP contribution is -2.14. The molecule has 28 heavy (non-hydrogen) atoms. The Balaban J connectivity index is 1.28. The maximum atomic E-state index is 12.2. The summed E-state index contributed by atoms with van der Waals surface area (Å²) in [5, 5.41) is 26.3. The number of hydrogen-bond acceptors (Lipinski definition) is 8. The van der Waals surface area contributed by atoms with E-state index in [2.05, 4.69) is 31.0 Å². The van der Waals surface area contributed by atoms with Crippen LogP contribution < -0.4 is 10.6 Å². The number of benzene rings is 1. The molecule has 1 amide bonds. The molecule has 9 heteroatoms. The van der Waals surface area contributed by atoms with E-state index < -0.39 is 0 Å². The predicted molar refractivity (Wildman–Crippen MR) is 112 cm³/mol. The minimum Gasteiger partial charge on any atom is -0.363 e. The SMILES string of the molecule is CNc1nnc(C2CCC(Cc3nnc(NC(=O)Cc4ccccc4)s3)C2)s1. The Bertz CT molecular complexity index is 925. The van der Waals surface area contributed by atoms with Crippen molar-refractivity contribution in [2.24, 2.45) is 5.92 Å². The van der Waals surface area contributed by atoms with Crippen LogP contribution in [0.15, 0.2) is 30.3 Å². The van der Waals surface area contributed by atoms with Crippen molar-refractivity contribution >= 4 is 38.8 Å². The van der Waals surface area contributed by atoms with E-state index in [9.17, 15) is 4.79 Å². The number of carbonyl (C=O) groups excluding carboxylic acids is 1. The zero-order valence-corrected chi connectivity index (χ0v) is 17.2. The second kappa shape index (κ2) is 8.74. The lowest BCUT2D eigenvalue weighted by Gasteiger charge is -2.06. The second-order valence-electron chi connectivity index (χ2n) is 6.99. The normalized spacial score (nSPS) is 18.9. The van der Waals surface area contributed by atoms with E-state index in [0.29, 0.717) is 23.4 Å². The molecule has 1 saturated carbocycles. The van der Waals surface area contributed by atoms with Gasteiger partial charge in [0, 0.05) is 19.4 Å². The molecule has 0 spiro atoms. The highest BCUT2D eigenvalue weighted by Crippen LogP contribution is 2.41. The zero-order chi connectivity index (χ0) is 19.3. The molecule has 2 heterocycles. The number of nitrogens with one attached hydrogen (secondary N) is 2. The van der Waals surface area contributed by atoms with Gasteiger partial charge < -0.3 is 10.6 Å². The van der Waals surface area contributed by atoms with Crippen molar-refractivity contribution < 1.29 is 4.79 Å². The molecule has 0 aliphatic heterocycles. The molecule has 7 nitrogen and oxygen atoms in total. The van der Waals surface area contributed by atoms with Crippen LogP contribution in [0.1, 0.15) is 40.8 Å². The quantitative estimate of drug-likeness (QED) is 0.612. The zero-order valence-electron chi connectivity index (χ0n) is 15.6. The average molecular weight is 415 g/mol. The van der Waals surface area contributed by atoms with Gasteiger partial charge in [-0.15, -0.1) is 20.4 Å². The average Bonchev–Trinajstić information content (AvgIpc) is 3.43. The summed E-state index contributed by atoms with van der Waals surface area (Å²) in [5.74, 6) is 1.00. The van der Waals surface area contributed by atoms with Gasteiger partial charge in [0.1, 0.15) is 10.0 Å². The molecular formula is C19H22N6OS2. The van der Waals surface area contributed by atoms with E-state index in [1.54, 1.807) is 11.3 Å². The molecule has 2 N–H and O–H groups in total. The van der Waals surface area contributed by atoms with Gasteiger partial charge in [-0.05, 0) is 30.7 Å². The summed E-state index contributed by atoms with van der Waals surface area (Å²) in [6.45, 7) is 0. The van der Waals surface area contributed by atoms with Crippen LogP contribution in [0.3, 0.4) is 0 Å². The van der Waals surface area contributed by atoms with Crippen LogP contribution in [-0.4, -0.2) is 33.3 Å². The third-order valence-corrected chi connectivity index (χ3v) is 6.89. The molecule has 1 aliphatic rings. The third-order valence-electron chi connectivity index (χ3n) is 4.93. The molecule has 0 bridgehead atoms. The molecule has 0 radical (unpaired) electrons. The topological polar surface area (TPSA) is 92.7 Å². The summed E-state index contributed by atoms with van der Waals surface area (Å²) >= 11 is 3.12. The largest absolute Gasteiger partial charge is 0.363 e. The maximum absolute atomic E-state index is 12.2. The van der Waals surface area contributed by atoms with E-state index in [4.69, 9.17) is 0 Å². The molecule has 1 aliphatic carbocycles. The minimum absolute atomic E-state index is 0.0635. The molecule has 146 valence electrons. The van der Waals surface area contributed by atoms with Gasteiger partial charge in [0.2, 0.25) is 16.2 Å². The predicted octanol–water partition coefficient (Wildman–Crippen LogP) is 3.74. The van der Waals surface area contributed by atoms with Crippen molar-refractivity contribution in [2.45, 2.75) is 38.0 Å². The Morgan fingerprint density at radius 3 is 2.68 bits per heavy atom. The van der Waals surface area contributed by atoms with Crippen molar-refractivity contribution in [3.05, 3.63) is 45.9 Å². The van der Waals surface area contributed by atoms with E-state index >= 15 is 0 Å². The van der Waals surface area contributed by atoms with Gasteiger partial charge in [0.15, 0.2) is 0 Å². The van der Waals surface area contributed by atoms with Gasteiger partial charge in [-0.2, -0.15) is 0 Å². The molecule has 1 aromatic carbocycles. The van der Waals surface area contributed by atoms with Crippen molar-refractivity contribution in [3.63, 3.8) is 0 Å². The van der Waals surface area contributed by atoms with Gasteiger partial charge in [0.05, 0.1) is 6.42 Å². The first kappa shape index (κ1) is 18.9. The molecule has 3 aromatic rings. The van der Waals surface area contributed by atoms with Crippen molar-refractivity contribution in [1.29, 1.82) is 0 Å². The fourth-order valence-electron chi connectivity index (χ4n) is 3.56. The fourth-order valence-corrected chi connectivity index (χ4v) is 5.28. The smallest absolute Gasteiger partial charge is 0.230 e. The van der Waals surface area contributed by atoms with E-state index in [1.165, 1.54) is 11.3 Å². The second-order valence-corrected chi connectivity index (χ2v) is 9.06. The summed E-state index contributed by atoms with van der Waals surface area (Å²) in [6.07, 6.45) is 4.65. The first-order chi connectivity index (χ1) is 13.7. The number of carbonyl (C=O) groups is 1. The van der Waals surface area contributed by atoms with Crippen LogP contribution in [0, 0.1) is 5.92 Å².